The molecule has 1 aliphatic rings. The summed E-state index contributed by atoms with van der Waals surface area (Å²) < 4.78 is 62.6. The first-order valence-electron chi connectivity index (χ1n) is 6.08. The summed E-state index contributed by atoms with van der Waals surface area (Å²) in [4.78, 5) is -0.200. The second kappa shape index (κ2) is 4.51. The monoisotopic (exact) mass is 292 g/mol. The van der Waals surface area contributed by atoms with E-state index in [1.165, 1.54) is 6.07 Å². The minimum absolute atomic E-state index is 0.157. The fraction of sp³-hybridized carbons (Fsp3) is 0.538. The van der Waals surface area contributed by atoms with E-state index in [4.69, 9.17) is 0 Å². The third-order valence-corrected chi connectivity index (χ3v) is 5.46. The number of alkyl halides is 3. The van der Waals surface area contributed by atoms with Crippen LogP contribution in [-0.2, 0) is 16.0 Å². The molecule has 0 N–H and O–H groups in total. The SMILES string of the molecule is CC(C)c1cc(C(F)(F)F)cc(S(=O)(=O)C2CC2)c1. The molecule has 2 rings (SSSR count). The summed E-state index contributed by atoms with van der Waals surface area (Å²) in [6.07, 6.45) is -3.45. The van der Waals surface area contributed by atoms with Gasteiger partial charge < -0.3 is 0 Å². The van der Waals surface area contributed by atoms with Gasteiger partial charge in [-0.15, -0.1) is 0 Å². The lowest BCUT2D eigenvalue weighted by Gasteiger charge is -2.14. The molecule has 0 aliphatic heterocycles. The molecule has 0 bridgehead atoms. The van der Waals surface area contributed by atoms with E-state index in [1.807, 2.05) is 0 Å². The summed E-state index contributed by atoms with van der Waals surface area (Å²) in [6, 6.07) is 3.14. The molecule has 6 heteroatoms. The molecule has 19 heavy (non-hydrogen) atoms. The van der Waals surface area contributed by atoms with Crippen LogP contribution in [-0.4, -0.2) is 13.7 Å². The average molecular weight is 292 g/mol. The van der Waals surface area contributed by atoms with Gasteiger partial charge in [0.25, 0.3) is 0 Å². The topological polar surface area (TPSA) is 34.1 Å². The average Bonchev–Trinajstić information content (AvgIpc) is 3.11. The number of hydrogen-bond acceptors (Lipinski definition) is 2. The van der Waals surface area contributed by atoms with E-state index in [-0.39, 0.29) is 10.8 Å². The second-order valence-electron chi connectivity index (χ2n) is 5.19. The molecule has 0 atom stereocenters. The molecular weight excluding hydrogens is 277 g/mol. The van der Waals surface area contributed by atoms with E-state index < -0.39 is 26.8 Å². The highest BCUT2D eigenvalue weighted by atomic mass is 32.2. The van der Waals surface area contributed by atoms with E-state index in [0.29, 0.717) is 18.4 Å². The van der Waals surface area contributed by atoms with Gasteiger partial charge in [0.1, 0.15) is 0 Å². The van der Waals surface area contributed by atoms with Crippen molar-refractivity contribution in [2.45, 2.75) is 48.9 Å². The Hall–Kier alpha value is -1.04. The first kappa shape index (κ1) is 14.4. The lowest BCUT2D eigenvalue weighted by atomic mass is 10.0. The number of rotatable bonds is 3. The van der Waals surface area contributed by atoms with Crippen molar-refractivity contribution in [1.82, 2.24) is 0 Å². The van der Waals surface area contributed by atoms with E-state index in [1.54, 1.807) is 13.8 Å². The van der Waals surface area contributed by atoms with Crippen LogP contribution < -0.4 is 0 Å². The lowest BCUT2D eigenvalue weighted by Crippen LogP contribution is -2.12. The minimum atomic E-state index is -4.53. The van der Waals surface area contributed by atoms with Crippen molar-refractivity contribution in [2.24, 2.45) is 0 Å². The number of halogens is 3. The third-order valence-electron chi connectivity index (χ3n) is 3.21. The van der Waals surface area contributed by atoms with E-state index >= 15 is 0 Å². The molecule has 1 saturated carbocycles. The van der Waals surface area contributed by atoms with Gasteiger partial charge >= 0.3 is 6.18 Å². The van der Waals surface area contributed by atoms with Crippen LogP contribution in [0, 0.1) is 0 Å². The van der Waals surface area contributed by atoms with Crippen molar-refractivity contribution in [3.05, 3.63) is 29.3 Å². The second-order valence-corrected chi connectivity index (χ2v) is 7.42. The summed E-state index contributed by atoms with van der Waals surface area (Å²) in [7, 11) is -3.60. The number of hydrogen-bond donors (Lipinski definition) is 0. The summed E-state index contributed by atoms with van der Waals surface area (Å²) in [5.74, 6) is -0.157. The van der Waals surface area contributed by atoms with Gasteiger partial charge in [-0.2, -0.15) is 13.2 Å². The largest absolute Gasteiger partial charge is 0.416 e. The minimum Gasteiger partial charge on any atom is -0.223 e. The highest BCUT2D eigenvalue weighted by molar-refractivity contribution is 7.92. The van der Waals surface area contributed by atoms with E-state index in [2.05, 4.69) is 0 Å². The van der Waals surface area contributed by atoms with Crippen molar-refractivity contribution in [2.75, 3.05) is 0 Å². The molecule has 1 aromatic rings. The Morgan fingerprint density at radius 3 is 2.16 bits per heavy atom. The molecule has 0 heterocycles. The summed E-state index contributed by atoms with van der Waals surface area (Å²) in [6.45, 7) is 3.48. The zero-order chi connectivity index (χ0) is 14.4. The Kier molecular flexibility index (Phi) is 3.41. The number of benzene rings is 1. The van der Waals surface area contributed by atoms with Crippen molar-refractivity contribution in [3.63, 3.8) is 0 Å². The van der Waals surface area contributed by atoms with Crippen molar-refractivity contribution in [3.8, 4) is 0 Å². The molecule has 1 aromatic carbocycles. The first-order chi connectivity index (χ1) is 8.62. The fourth-order valence-corrected chi connectivity index (χ4v) is 3.59. The van der Waals surface area contributed by atoms with Crippen molar-refractivity contribution in [1.29, 1.82) is 0 Å². The molecule has 0 radical (unpaired) electrons. The first-order valence-corrected chi connectivity index (χ1v) is 7.63. The Morgan fingerprint density at radius 2 is 1.74 bits per heavy atom. The Bertz CT molecular complexity index is 584. The zero-order valence-electron chi connectivity index (χ0n) is 10.7. The van der Waals surface area contributed by atoms with Crippen molar-refractivity contribution < 1.29 is 21.6 Å². The van der Waals surface area contributed by atoms with Crippen LogP contribution in [0.3, 0.4) is 0 Å². The molecule has 2 nitrogen and oxygen atoms in total. The maximum absolute atomic E-state index is 12.8. The van der Waals surface area contributed by atoms with Gasteiger partial charge in [-0.3, -0.25) is 0 Å². The van der Waals surface area contributed by atoms with Crippen molar-refractivity contribution >= 4 is 9.84 Å². The molecule has 0 spiro atoms. The number of sulfone groups is 1. The van der Waals surface area contributed by atoms with Gasteiger partial charge in [0.15, 0.2) is 9.84 Å². The lowest BCUT2D eigenvalue weighted by molar-refractivity contribution is -0.137. The smallest absolute Gasteiger partial charge is 0.223 e. The van der Waals surface area contributed by atoms with Crippen LogP contribution in [0.4, 0.5) is 13.2 Å². The Morgan fingerprint density at radius 1 is 1.16 bits per heavy atom. The summed E-state index contributed by atoms with van der Waals surface area (Å²) in [5, 5.41) is -0.504. The Labute approximate surface area is 110 Å². The maximum atomic E-state index is 12.8. The van der Waals surface area contributed by atoms with Gasteiger partial charge in [-0.05, 0) is 42.5 Å². The maximum Gasteiger partial charge on any atom is 0.416 e. The van der Waals surface area contributed by atoms with Crippen LogP contribution in [0.1, 0.15) is 43.7 Å². The van der Waals surface area contributed by atoms with Crippen LogP contribution in [0.15, 0.2) is 23.1 Å². The molecular formula is C13H15F3O2S. The van der Waals surface area contributed by atoms with Gasteiger partial charge in [0.05, 0.1) is 15.7 Å². The third kappa shape index (κ3) is 2.94. The standard InChI is InChI=1S/C13H15F3O2S/c1-8(2)9-5-10(13(14,15)16)7-12(6-9)19(17,18)11-3-4-11/h5-8,11H,3-4H2,1-2H3. The molecule has 1 aliphatic carbocycles. The predicted octanol–water partition coefficient (Wildman–Crippen LogP) is 3.76. The van der Waals surface area contributed by atoms with Gasteiger partial charge in [0.2, 0.25) is 0 Å². The molecule has 0 unspecified atom stereocenters. The molecule has 0 amide bonds. The van der Waals surface area contributed by atoms with Crippen LogP contribution >= 0.6 is 0 Å². The molecule has 0 saturated heterocycles. The van der Waals surface area contributed by atoms with Crippen LogP contribution in [0.25, 0.3) is 0 Å². The Balaban J connectivity index is 2.58. The molecule has 0 aromatic heterocycles. The molecule has 106 valence electrons. The zero-order valence-corrected chi connectivity index (χ0v) is 11.5. The summed E-state index contributed by atoms with van der Waals surface area (Å²) >= 11 is 0. The van der Waals surface area contributed by atoms with E-state index in [9.17, 15) is 21.6 Å². The van der Waals surface area contributed by atoms with Gasteiger partial charge in [-0.25, -0.2) is 8.42 Å². The van der Waals surface area contributed by atoms with Gasteiger partial charge in [0, 0.05) is 0 Å². The van der Waals surface area contributed by atoms with Crippen LogP contribution in [0.5, 0.6) is 0 Å². The predicted molar refractivity (Wildman–Crippen MR) is 65.7 cm³/mol. The molecule has 1 fully saturated rings. The fourth-order valence-electron chi connectivity index (χ4n) is 1.85. The van der Waals surface area contributed by atoms with E-state index in [0.717, 1.165) is 12.1 Å². The summed E-state index contributed by atoms with van der Waals surface area (Å²) in [5.41, 5.74) is -0.494. The quantitative estimate of drug-likeness (QED) is 0.850. The van der Waals surface area contributed by atoms with Crippen LogP contribution in [0.2, 0.25) is 0 Å². The van der Waals surface area contributed by atoms with Gasteiger partial charge in [-0.1, -0.05) is 13.8 Å². The highest BCUT2D eigenvalue weighted by Gasteiger charge is 2.39. The highest BCUT2D eigenvalue weighted by Crippen LogP contribution is 2.38. The normalized spacial score (nSPS) is 16.9.